The smallest absolute Gasteiger partial charge is 0.406 e. The van der Waals surface area contributed by atoms with Crippen LogP contribution in [-0.2, 0) is 14.3 Å². The van der Waals surface area contributed by atoms with Gasteiger partial charge in [0.25, 0.3) is 0 Å². The van der Waals surface area contributed by atoms with Crippen LogP contribution in [0.5, 0.6) is 0 Å². The predicted octanol–water partition coefficient (Wildman–Crippen LogP) is -1.50. The van der Waals surface area contributed by atoms with E-state index in [0.717, 1.165) is 0 Å². The van der Waals surface area contributed by atoms with Crippen LogP contribution >= 0.6 is 0 Å². The van der Waals surface area contributed by atoms with Crippen molar-refractivity contribution in [3.05, 3.63) is 0 Å². The van der Waals surface area contributed by atoms with Gasteiger partial charge in [0.2, 0.25) is 5.91 Å². The van der Waals surface area contributed by atoms with Crippen LogP contribution in [0.3, 0.4) is 0 Å². The maximum atomic E-state index is 11.8. The van der Waals surface area contributed by atoms with Crippen molar-refractivity contribution in [1.82, 2.24) is 10.2 Å². The molecule has 0 fully saturated rings. The number of alkyl carbamates (subject to hydrolysis) is 1. The van der Waals surface area contributed by atoms with Crippen LogP contribution < -0.4 is 16.8 Å². The highest BCUT2D eigenvalue weighted by Gasteiger charge is 2.11. The van der Waals surface area contributed by atoms with E-state index in [9.17, 15) is 9.59 Å². The lowest BCUT2D eigenvalue weighted by Gasteiger charge is -2.21. The first-order valence-corrected chi connectivity index (χ1v) is 6.23. The molecule has 0 aromatic carbocycles. The molecule has 0 aliphatic carbocycles. The van der Waals surface area contributed by atoms with Gasteiger partial charge in [0.05, 0.1) is 26.7 Å². The molecular weight excluding hydrogens is 252 g/mol. The highest BCUT2D eigenvalue weighted by atomic mass is 16.5. The lowest BCUT2D eigenvalue weighted by Crippen LogP contribution is -2.39. The van der Waals surface area contributed by atoms with E-state index in [1.165, 1.54) is 7.11 Å². The molecule has 0 heterocycles. The first-order chi connectivity index (χ1) is 9.15. The number of methoxy groups -OCH3 is 1. The number of ether oxygens (including phenoxy) is 2. The Morgan fingerprint density at radius 1 is 1.16 bits per heavy atom. The van der Waals surface area contributed by atoms with Crippen LogP contribution in [0.2, 0.25) is 0 Å². The summed E-state index contributed by atoms with van der Waals surface area (Å²) in [6.45, 7) is 2.80. The summed E-state index contributed by atoms with van der Waals surface area (Å²) in [5.74, 6) is -0.0307. The summed E-state index contributed by atoms with van der Waals surface area (Å²) in [6.07, 6.45) is -0.227. The second-order valence-corrected chi connectivity index (χ2v) is 3.74. The number of amides is 2. The molecule has 0 spiro atoms. The minimum atomic E-state index is -0.503. The molecule has 8 nitrogen and oxygen atoms in total. The van der Waals surface area contributed by atoms with E-state index in [2.05, 4.69) is 10.1 Å². The SMILES string of the molecule is COC(=O)NCCOCCC(=O)N(CCN)CCN. The Hall–Kier alpha value is -1.38. The molecule has 0 rings (SSSR count). The minimum Gasteiger partial charge on any atom is -0.453 e. The summed E-state index contributed by atoms with van der Waals surface area (Å²) in [5.41, 5.74) is 10.8. The van der Waals surface area contributed by atoms with Crippen LogP contribution in [0, 0.1) is 0 Å². The van der Waals surface area contributed by atoms with Gasteiger partial charge in [0, 0.05) is 32.7 Å². The molecule has 0 atom stereocenters. The Bertz CT molecular complexity index is 257. The molecule has 2 amide bonds. The molecule has 0 aliphatic heterocycles. The number of nitrogens with one attached hydrogen (secondary N) is 1. The molecule has 19 heavy (non-hydrogen) atoms. The fourth-order valence-corrected chi connectivity index (χ4v) is 1.39. The molecule has 8 heteroatoms. The third-order valence-corrected chi connectivity index (χ3v) is 2.31. The topological polar surface area (TPSA) is 120 Å². The van der Waals surface area contributed by atoms with Gasteiger partial charge in [0.15, 0.2) is 0 Å². The average Bonchev–Trinajstić information content (AvgIpc) is 2.41. The quantitative estimate of drug-likeness (QED) is 0.417. The Kier molecular flexibility index (Phi) is 10.8. The maximum Gasteiger partial charge on any atom is 0.406 e. The van der Waals surface area contributed by atoms with Crippen molar-refractivity contribution in [2.75, 3.05) is 53.0 Å². The van der Waals surface area contributed by atoms with Crippen molar-refractivity contribution in [2.24, 2.45) is 11.5 Å². The maximum absolute atomic E-state index is 11.8. The number of nitrogens with zero attached hydrogens (tertiary/aromatic N) is 1. The fourth-order valence-electron chi connectivity index (χ4n) is 1.39. The minimum absolute atomic E-state index is 0.0307. The summed E-state index contributed by atoms with van der Waals surface area (Å²) in [6, 6.07) is 0. The normalized spacial score (nSPS) is 10.1. The second-order valence-electron chi connectivity index (χ2n) is 3.74. The molecule has 0 aliphatic rings. The van der Waals surface area contributed by atoms with Gasteiger partial charge in [-0.2, -0.15) is 0 Å². The van der Waals surface area contributed by atoms with Crippen molar-refractivity contribution in [3.63, 3.8) is 0 Å². The molecule has 0 aromatic heterocycles. The molecule has 0 aromatic rings. The largest absolute Gasteiger partial charge is 0.453 e. The van der Waals surface area contributed by atoms with Gasteiger partial charge in [-0.3, -0.25) is 4.79 Å². The van der Waals surface area contributed by atoms with Crippen LogP contribution in [0.25, 0.3) is 0 Å². The van der Waals surface area contributed by atoms with E-state index in [1.54, 1.807) is 4.90 Å². The van der Waals surface area contributed by atoms with Gasteiger partial charge >= 0.3 is 6.09 Å². The summed E-state index contributed by atoms with van der Waals surface area (Å²) in [5, 5.41) is 2.47. The first kappa shape index (κ1) is 17.6. The van der Waals surface area contributed by atoms with Crippen LogP contribution in [0.1, 0.15) is 6.42 Å². The van der Waals surface area contributed by atoms with Gasteiger partial charge < -0.3 is 31.2 Å². The highest BCUT2D eigenvalue weighted by molar-refractivity contribution is 5.76. The van der Waals surface area contributed by atoms with Crippen LogP contribution in [0.15, 0.2) is 0 Å². The number of hydrogen-bond donors (Lipinski definition) is 3. The predicted molar refractivity (Wildman–Crippen MR) is 70.5 cm³/mol. The van der Waals surface area contributed by atoms with Crippen LogP contribution in [-0.4, -0.2) is 69.9 Å². The lowest BCUT2D eigenvalue weighted by atomic mass is 10.3. The third kappa shape index (κ3) is 9.23. The van der Waals surface area contributed by atoms with Gasteiger partial charge in [0.1, 0.15) is 0 Å². The number of carbonyl (C=O) groups is 2. The van der Waals surface area contributed by atoms with Crippen molar-refractivity contribution in [3.8, 4) is 0 Å². The highest BCUT2D eigenvalue weighted by Crippen LogP contribution is 1.94. The first-order valence-electron chi connectivity index (χ1n) is 6.23. The van der Waals surface area contributed by atoms with Crippen molar-refractivity contribution >= 4 is 12.0 Å². The average molecular weight is 276 g/mol. The molecule has 0 radical (unpaired) electrons. The van der Waals surface area contributed by atoms with E-state index in [-0.39, 0.29) is 12.3 Å². The van der Waals surface area contributed by atoms with E-state index >= 15 is 0 Å². The summed E-state index contributed by atoms with van der Waals surface area (Å²) in [7, 11) is 1.29. The number of rotatable bonds is 10. The third-order valence-electron chi connectivity index (χ3n) is 2.31. The molecule has 112 valence electrons. The Labute approximate surface area is 113 Å². The van der Waals surface area contributed by atoms with E-state index in [1.807, 2.05) is 0 Å². The van der Waals surface area contributed by atoms with Gasteiger partial charge in [-0.25, -0.2) is 4.79 Å². The van der Waals surface area contributed by atoms with E-state index < -0.39 is 6.09 Å². The lowest BCUT2D eigenvalue weighted by molar-refractivity contribution is -0.132. The second kappa shape index (κ2) is 11.7. The van der Waals surface area contributed by atoms with Gasteiger partial charge in [-0.1, -0.05) is 0 Å². The molecule has 0 unspecified atom stereocenters. The van der Waals surface area contributed by atoms with Gasteiger partial charge in [-0.15, -0.1) is 0 Å². The summed E-state index contributed by atoms with van der Waals surface area (Å²) < 4.78 is 9.62. The Morgan fingerprint density at radius 3 is 2.32 bits per heavy atom. The zero-order chi connectivity index (χ0) is 14.5. The number of nitrogens with two attached hydrogens (primary N) is 2. The number of hydrogen-bond acceptors (Lipinski definition) is 6. The van der Waals surface area contributed by atoms with Crippen molar-refractivity contribution < 1.29 is 19.1 Å². The summed E-state index contributed by atoms with van der Waals surface area (Å²) >= 11 is 0. The van der Waals surface area contributed by atoms with E-state index in [4.69, 9.17) is 16.2 Å². The Balaban J connectivity index is 3.63. The van der Waals surface area contributed by atoms with E-state index in [0.29, 0.717) is 45.9 Å². The summed E-state index contributed by atoms with van der Waals surface area (Å²) in [4.78, 5) is 24.1. The van der Waals surface area contributed by atoms with Crippen molar-refractivity contribution in [2.45, 2.75) is 6.42 Å². The van der Waals surface area contributed by atoms with Gasteiger partial charge in [-0.05, 0) is 0 Å². The van der Waals surface area contributed by atoms with Crippen LogP contribution in [0.4, 0.5) is 4.79 Å². The molecule has 5 N–H and O–H groups in total. The molecule has 0 bridgehead atoms. The Morgan fingerprint density at radius 2 is 1.79 bits per heavy atom. The monoisotopic (exact) mass is 276 g/mol. The molecular formula is C11H24N4O4. The molecule has 0 saturated heterocycles. The standard InChI is InChI=1S/C11H24N4O4/c1-18-11(17)14-5-9-19-8-2-10(16)15(6-3-12)7-4-13/h2-9,12-13H2,1H3,(H,14,17). The fraction of sp³-hybridized carbons (Fsp3) is 0.818. The van der Waals surface area contributed by atoms with Crippen molar-refractivity contribution in [1.29, 1.82) is 0 Å². The number of carbonyl (C=O) groups excluding carboxylic acids is 2. The molecule has 0 saturated carbocycles. The zero-order valence-corrected chi connectivity index (χ0v) is 11.4. The zero-order valence-electron chi connectivity index (χ0n) is 11.4.